The van der Waals surface area contributed by atoms with Crippen LogP contribution in [0.5, 0.6) is 0 Å². The van der Waals surface area contributed by atoms with Gasteiger partial charge in [-0.3, -0.25) is 18.6 Å². The predicted octanol–water partition coefficient (Wildman–Crippen LogP) is 10.3. The molecule has 0 aromatic carbocycles. The van der Waals surface area contributed by atoms with E-state index in [4.69, 9.17) is 23.8 Å². The van der Waals surface area contributed by atoms with Gasteiger partial charge in [-0.25, -0.2) is 4.57 Å². The van der Waals surface area contributed by atoms with Gasteiger partial charge in [-0.2, -0.15) is 0 Å². The number of phosphoric ester groups is 1. The van der Waals surface area contributed by atoms with E-state index in [1.807, 2.05) is 30.4 Å². The molecule has 1 saturated heterocycles. The summed E-state index contributed by atoms with van der Waals surface area (Å²) < 4.78 is 38.4. The molecule has 0 radical (unpaired) electrons. The zero-order chi connectivity index (χ0) is 41.0. The van der Waals surface area contributed by atoms with Gasteiger partial charge in [-0.15, -0.1) is 0 Å². The zero-order valence-corrected chi connectivity index (χ0v) is 35.7. The third-order valence-corrected chi connectivity index (χ3v) is 10.4. The molecule has 3 N–H and O–H groups in total. The molecule has 324 valence electrons. The van der Waals surface area contributed by atoms with Crippen molar-refractivity contribution in [3.8, 4) is 0 Å². The van der Waals surface area contributed by atoms with Gasteiger partial charge in [0.15, 0.2) is 6.10 Å². The van der Waals surface area contributed by atoms with E-state index in [9.17, 15) is 24.2 Å². The Kier molecular flexibility index (Phi) is 33.4. The van der Waals surface area contributed by atoms with Crippen LogP contribution in [0.2, 0.25) is 0 Å². The molecule has 0 aromatic heterocycles. The van der Waals surface area contributed by atoms with Crippen molar-refractivity contribution < 1.29 is 52.5 Å². The standard InChI is InChI=1S/C44H77O11P/c1-3-5-7-9-11-13-15-17-18-19-21-23-25-27-29-33-43(47)51-37-40(38-53-56(49,50)52-36-39(46)35-45)54-44(48)34-30-32-42-41(55-42)31-28-26-24-22-20-16-14-12-10-8-6-4-2/h12,14,20,22,24,26,28,31,39-42,45-46H,3-11,13,15-19,21,23,25,27,29-30,32-38H2,1-2H3,(H,49,50)/b14-12+,22-20+,26-24-,31-28-. The second-order valence-electron chi connectivity index (χ2n) is 14.8. The molecule has 5 atom stereocenters. The summed E-state index contributed by atoms with van der Waals surface area (Å²) in [5.74, 6) is -1.02. The minimum Gasteiger partial charge on any atom is -0.462 e. The van der Waals surface area contributed by atoms with E-state index in [-0.39, 0.29) is 31.7 Å². The number of carbonyl (C=O) groups excluding carboxylic acids is 2. The van der Waals surface area contributed by atoms with Crippen LogP contribution in [-0.4, -0.2) is 77.9 Å². The Labute approximate surface area is 338 Å². The first kappa shape index (κ1) is 51.9. The van der Waals surface area contributed by atoms with E-state index in [2.05, 4.69) is 36.6 Å². The van der Waals surface area contributed by atoms with E-state index in [1.54, 1.807) is 0 Å². The smallest absolute Gasteiger partial charge is 0.462 e. The summed E-state index contributed by atoms with van der Waals surface area (Å²) in [4.78, 5) is 35.1. The summed E-state index contributed by atoms with van der Waals surface area (Å²) in [5, 5.41) is 18.3. The molecule has 0 bridgehead atoms. The van der Waals surface area contributed by atoms with Crippen LogP contribution in [0, 0.1) is 0 Å². The number of hydrogen-bond donors (Lipinski definition) is 3. The van der Waals surface area contributed by atoms with Crippen LogP contribution in [0.15, 0.2) is 48.6 Å². The third-order valence-electron chi connectivity index (χ3n) is 9.45. The first-order valence-electron chi connectivity index (χ1n) is 21.8. The number of aliphatic hydroxyl groups excluding tert-OH is 2. The molecule has 1 heterocycles. The summed E-state index contributed by atoms with van der Waals surface area (Å²) in [6.07, 6.45) is 39.6. The number of aliphatic hydroxyl groups is 2. The lowest BCUT2D eigenvalue weighted by molar-refractivity contribution is -0.161. The van der Waals surface area contributed by atoms with E-state index < -0.39 is 51.8 Å². The molecule has 0 aliphatic carbocycles. The molecule has 5 unspecified atom stereocenters. The maximum absolute atomic E-state index is 12.7. The number of esters is 2. The minimum atomic E-state index is -4.65. The lowest BCUT2D eigenvalue weighted by Crippen LogP contribution is -2.30. The number of hydrogen-bond acceptors (Lipinski definition) is 10. The Bertz CT molecular complexity index is 1140. The second kappa shape index (κ2) is 36.0. The Morgan fingerprint density at radius 1 is 0.679 bits per heavy atom. The fraction of sp³-hybridized carbons (Fsp3) is 0.773. The van der Waals surface area contributed by atoms with Gasteiger partial charge in [0.2, 0.25) is 0 Å². The molecule has 1 aliphatic heterocycles. The Morgan fingerprint density at radius 2 is 1.25 bits per heavy atom. The highest BCUT2D eigenvalue weighted by molar-refractivity contribution is 7.47. The van der Waals surface area contributed by atoms with Crippen molar-refractivity contribution >= 4 is 19.8 Å². The van der Waals surface area contributed by atoms with Crippen molar-refractivity contribution in [2.45, 2.75) is 192 Å². The monoisotopic (exact) mass is 813 g/mol. The fourth-order valence-electron chi connectivity index (χ4n) is 5.98. The Hall–Kier alpha value is -2.11. The number of ether oxygens (including phenoxy) is 3. The average molecular weight is 813 g/mol. The van der Waals surface area contributed by atoms with E-state index in [0.29, 0.717) is 19.3 Å². The highest BCUT2D eigenvalue weighted by atomic mass is 31.2. The molecule has 1 rings (SSSR count). The second-order valence-corrected chi connectivity index (χ2v) is 16.3. The molecular formula is C44H77O11P. The summed E-state index contributed by atoms with van der Waals surface area (Å²) in [6, 6.07) is 0. The highest BCUT2D eigenvalue weighted by Crippen LogP contribution is 2.43. The summed E-state index contributed by atoms with van der Waals surface area (Å²) in [7, 11) is -4.65. The Balaban J connectivity index is 2.33. The molecule has 56 heavy (non-hydrogen) atoms. The van der Waals surface area contributed by atoms with Gasteiger partial charge in [0.1, 0.15) is 18.8 Å². The van der Waals surface area contributed by atoms with Crippen molar-refractivity contribution in [3.63, 3.8) is 0 Å². The van der Waals surface area contributed by atoms with Gasteiger partial charge >= 0.3 is 19.8 Å². The molecule has 1 aliphatic rings. The molecule has 0 aromatic rings. The number of carbonyl (C=O) groups is 2. The van der Waals surface area contributed by atoms with Gasteiger partial charge in [-0.05, 0) is 38.5 Å². The van der Waals surface area contributed by atoms with Gasteiger partial charge in [0.25, 0.3) is 0 Å². The van der Waals surface area contributed by atoms with Gasteiger partial charge in [0.05, 0.1) is 25.9 Å². The van der Waals surface area contributed by atoms with Crippen LogP contribution in [0.3, 0.4) is 0 Å². The van der Waals surface area contributed by atoms with Crippen molar-refractivity contribution in [3.05, 3.63) is 48.6 Å². The van der Waals surface area contributed by atoms with Gasteiger partial charge < -0.3 is 29.3 Å². The molecule has 1 fully saturated rings. The lowest BCUT2D eigenvalue weighted by Gasteiger charge is -2.20. The van der Waals surface area contributed by atoms with Crippen molar-refractivity contribution in [1.82, 2.24) is 0 Å². The number of epoxide rings is 1. The summed E-state index contributed by atoms with van der Waals surface area (Å²) >= 11 is 0. The van der Waals surface area contributed by atoms with Crippen LogP contribution < -0.4 is 0 Å². The van der Waals surface area contributed by atoms with Crippen LogP contribution in [0.4, 0.5) is 0 Å². The van der Waals surface area contributed by atoms with E-state index >= 15 is 0 Å². The highest BCUT2D eigenvalue weighted by Gasteiger charge is 2.35. The first-order valence-corrected chi connectivity index (χ1v) is 23.3. The summed E-state index contributed by atoms with van der Waals surface area (Å²) in [5.41, 5.74) is 0. The topological polar surface area (TPSA) is 161 Å². The minimum absolute atomic E-state index is 0.00106. The Morgan fingerprint density at radius 3 is 1.89 bits per heavy atom. The molecular weight excluding hydrogens is 735 g/mol. The van der Waals surface area contributed by atoms with Crippen LogP contribution >= 0.6 is 7.82 Å². The van der Waals surface area contributed by atoms with Crippen LogP contribution in [0.1, 0.15) is 168 Å². The lowest BCUT2D eigenvalue weighted by atomic mass is 10.0. The number of rotatable bonds is 39. The largest absolute Gasteiger partial charge is 0.472 e. The van der Waals surface area contributed by atoms with E-state index in [1.165, 1.54) is 89.9 Å². The van der Waals surface area contributed by atoms with Gasteiger partial charge in [0, 0.05) is 12.8 Å². The SMILES string of the molecule is CCCCC/C=C/C/C=C/C=C\C=C/C1OC1CCCC(=O)OC(COC(=O)CCCCCCCCCCCCCCCCC)COP(=O)(O)OCC(O)CO. The normalized spacial score (nSPS) is 17.9. The molecule has 11 nitrogen and oxygen atoms in total. The molecule has 0 saturated carbocycles. The third kappa shape index (κ3) is 32.9. The molecule has 0 spiro atoms. The maximum Gasteiger partial charge on any atom is 0.472 e. The predicted molar refractivity (Wildman–Crippen MR) is 223 cm³/mol. The molecule has 12 heteroatoms. The van der Waals surface area contributed by atoms with Crippen LogP contribution in [0.25, 0.3) is 0 Å². The quantitative estimate of drug-likeness (QED) is 0.0135. The molecule has 0 amide bonds. The van der Waals surface area contributed by atoms with Crippen molar-refractivity contribution in [1.29, 1.82) is 0 Å². The number of allylic oxidation sites excluding steroid dienone is 7. The van der Waals surface area contributed by atoms with E-state index in [0.717, 1.165) is 32.1 Å². The number of unbranched alkanes of at least 4 members (excludes halogenated alkanes) is 17. The zero-order valence-electron chi connectivity index (χ0n) is 34.8. The van der Waals surface area contributed by atoms with Crippen molar-refractivity contribution in [2.75, 3.05) is 26.4 Å². The average Bonchev–Trinajstić information content (AvgIpc) is 3.94. The maximum atomic E-state index is 12.7. The van der Waals surface area contributed by atoms with Crippen molar-refractivity contribution in [2.24, 2.45) is 0 Å². The number of phosphoric acid groups is 1. The fourth-order valence-corrected chi connectivity index (χ4v) is 6.77. The van der Waals surface area contributed by atoms with Crippen LogP contribution in [-0.2, 0) is 37.4 Å². The summed E-state index contributed by atoms with van der Waals surface area (Å²) in [6.45, 7) is 2.24. The first-order chi connectivity index (χ1) is 27.2. The van der Waals surface area contributed by atoms with Gasteiger partial charge in [-0.1, -0.05) is 165 Å².